The minimum Gasteiger partial charge on any atom is -0.352 e. The van der Waals surface area contributed by atoms with Gasteiger partial charge in [0, 0.05) is 35.8 Å². The summed E-state index contributed by atoms with van der Waals surface area (Å²) in [6.45, 7) is 8.00. The number of rotatable bonds is 11. The molecule has 3 rings (SSSR count). The molecule has 2 aromatic carbocycles. The van der Waals surface area contributed by atoms with Crippen molar-refractivity contribution in [3.8, 4) is 0 Å². The number of anilines is 1. The molecule has 0 saturated heterocycles. The van der Waals surface area contributed by atoms with Gasteiger partial charge in [0.2, 0.25) is 0 Å². The molecule has 2 N–H and O–H groups in total. The van der Waals surface area contributed by atoms with Crippen molar-refractivity contribution >= 4 is 17.5 Å². The number of carbonyl (C=O) groups excluding carboxylic acids is 2. The van der Waals surface area contributed by atoms with Crippen molar-refractivity contribution in [1.29, 1.82) is 0 Å². The van der Waals surface area contributed by atoms with E-state index in [1.54, 1.807) is 30.6 Å². The van der Waals surface area contributed by atoms with E-state index in [1.165, 1.54) is 0 Å². The number of benzene rings is 2. The van der Waals surface area contributed by atoms with Gasteiger partial charge >= 0.3 is 0 Å². The molecule has 1 heterocycles. The number of amides is 2. The van der Waals surface area contributed by atoms with Crippen LogP contribution < -0.4 is 10.6 Å². The SMILES string of the molecule is CCN(CC)CCCNC(=O)c1cccc(Cc2cccc(C(=O)Nc3ccncc3)c2)c1. The van der Waals surface area contributed by atoms with Gasteiger partial charge in [-0.15, -0.1) is 0 Å². The van der Waals surface area contributed by atoms with Crippen molar-refractivity contribution in [3.63, 3.8) is 0 Å². The summed E-state index contributed by atoms with van der Waals surface area (Å²) in [5, 5.41) is 5.89. The van der Waals surface area contributed by atoms with Gasteiger partial charge in [0.05, 0.1) is 0 Å². The fourth-order valence-electron chi connectivity index (χ4n) is 3.67. The summed E-state index contributed by atoms with van der Waals surface area (Å²) in [6.07, 6.45) is 4.85. The summed E-state index contributed by atoms with van der Waals surface area (Å²) < 4.78 is 0. The highest BCUT2D eigenvalue weighted by Crippen LogP contribution is 2.15. The lowest BCUT2D eigenvalue weighted by molar-refractivity contribution is 0.0951. The van der Waals surface area contributed by atoms with Crippen LogP contribution >= 0.6 is 0 Å². The Bertz CT molecular complexity index is 1050. The third-order valence-electron chi connectivity index (χ3n) is 5.56. The molecule has 0 aliphatic rings. The predicted octanol–water partition coefficient (Wildman–Crippen LogP) is 4.39. The van der Waals surface area contributed by atoms with Gasteiger partial charge in [0.1, 0.15) is 0 Å². The van der Waals surface area contributed by atoms with Gasteiger partial charge in [-0.1, -0.05) is 38.1 Å². The zero-order chi connectivity index (χ0) is 23.5. The summed E-state index contributed by atoms with van der Waals surface area (Å²) in [5.41, 5.74) is 3.98. The molecule has 0 aliphatic heterocycles. The molecular weight excluding hydrogens is 412 g/mol. The van der Waals surface area contributed by atoms with Crippen LogP contribution in [-0.4, -0.2) is 47.9 Å². The van der Waals surface area contributed by atoms with E-state index >= 15 is 0 Å². The second-order valence-electron chi connectivity index (χ2n) is 7.90. The number of carbonyl (C=O) groups is 2. The third-order valence-corrected chi connectivity index (χ3v) is 5.56. The van der Waals surface area contributed by atoms with Gasteiger partial charge in [0.25, 0.3) is 11.8 Å². The van der Waals surface area contributed by atoms with Gasteiger partial charge in [-0.2, -0.15) is 0 Å². The maximum absolute atomic E-state index is 12.6. The van der Waals surface area contributed by atoms with Crippen LogP contribution in [0.4, 0.5) is 5.69 Å². The summed E-state index contributed by atoms with van der Waals surface area (Å²) in [4.78, 5) is 31.5. The molecular formula is C27H32N4O2. The minimum absolute atomic E-state index is 0.0538. The first kappa shape index (κ1) is 24.1. The molecule has 2 amide bonds. The molecule has 0 spiro atoms. The fraction of sp³-hybridized carbons (Fsp3) is 0.296. The Hall–Kier alpha value is -3.51. The molecule has 0 atom stereocenters. The van der Waals surface area contributed by atoms with E-state index in [0.29, 0.717) is 29.8 Å². The Balaban J connectivity index is 1.58. The third kappa shape index (κ3) is 7.54. The summed E-state index contributed by atoms with van der Waals surface area (Å²) in [6, 6.07) is 18.7. The maximum Gasteiger partial charge on any atom is 0.255 e. The lowest BCUT2D eigenvalue weighted by Gasteiger charge is -2.17. The summed E-state index contributed by atoms with van der Waals surface area (Å²) in [7, 11) is 0. The predicted molar refractivity (Wildman–Crippen MR) is 133 cm³/mol. The van der Waals surface area contributed by atoms with Crippen molar-refractivity contribution in [1.82, 2.24) is 15.2 Å². The van der Waals surface area contributed by atoms with E-state index in [2.05, 4.69) is 34.4 Å². The monoisotopic (exact) mass is 444 g/mol. The van der Waals surface area contributed by atoms with Crippen LogP contribution in [0.15, 0.2) is 73.1 Å². The van der Waals surface area contributed by atoms with E-state index in [4.69, 9.17) is 0 Å². The normalized spacial score (nSPS) is 10.8. The second kappa shape index (κ2) is 12.5. The number of hydrogen-bond acceptors (Lipinski definition) is 4. The maximum atomic E-state index is 12.6. The van der Waals surface area contributed by atoms with Crippen molar-refractivity contribution in [2.24, 2.45) is 0 Å². The molecule has 6 heteroatoms. The van der Waals surface area contributed by atoms with Gasteiger partial charge in [-0.25, -0.2) is 0 Å². The zero-order valence-electron chi connectivity index (χ0n) is 19.4. The molecule has 0 aliphatic carbocycles. The first-order valence-corrected chi connectivity index (χ1v) is 11.5. The summed E-state index contributed by atoms with van der Waals surface area (Å²) in [5.74, 6) is -0.220. The smallest absolute Gasteiger partial charge is 0.255 e. The molecule has 3 aromatic rings. The van der Waals surface area contributed by atoms with E-state index in [0.717, 1.165) is 37.2 Å². The standard InChI is InChI=1S/C27H32N4O2/c1-3-31(4-2)17-7-14-29-26(32)23-10-5-8-21(19-23)18-22-9-6-11-24(20-22)27(33)30-25-12-15-28-16-13-25/h5-6,8-13,15-16,19-20H,3-4,7,14,17-18H2,1-2H3,(H,29,32)(H,28,30,33). The first-order valence-electron chi connectivity index (χ1n) is 11.5. The van der Waals surface area contributed by atoms with Crippen molar-refractivity contribution < 1.29 is 9.59 Å². The molecule has 0 saturated carbocycles. The largest absolute Gasteiger partial charge is 0.352 e. The Morgan fingerprint density at radius 3 is 2.06 bits per heavy atom. The average molecular weight is 445 g/mol. The number of nitrogens with one attached hydrogen (secondary N) is 2. The van der Waals surface area contributed by atoms with Crippen LogP contribution in [-0.2, 0) is 6.42 Å². The average Bonchev–Trinajstić information content (AvgIpc) is 2.85. The minimum atomic E-state index is -0.166. The lowest BCUT2D eigenvalue weighted by Crippen LogP contribution is -2.29. The van der Waals surface area contributed by atoms with E-state index < -0.39 is 0 Å². The van der Waals surface area contributed by atoms with Crippen LogP contribution in [0.3, 0.4) is 0 Å². The molecule has 172 valence electrons. The highest BCUT2D eigenvalue weighted by molar-refractivity contribution is 6.04. The van der Waals surface area contributed by atoms with Gasteiger partial charge < -0.3 is 15.5 Å². The second-order valence-corrected chi connectivity index (χ2v) is 7.90. The Kier molecular flexibility index (Phi) is 9.15. The van der Waals surface area contributed by atoms with Crippen LogP contribution in [0.25, 0.3) is 0 Å². The molecule has 0 unspecified atom stereocenters. The fourth-order valence-corrected chi connectivity index (χ4v) is 3.67. The van der Waals surface area contributed by atoms with Crippen LogP contribution in [0, 0.1) is 0 Å². The van der Waals surface area contributed by atoms with E-state index in [9.17, 15) is 9.59 Å². The molecule has 0 radical (unpaired) electrons. The van der Waals surface area contributed by atoms with Crippen LogP contribution in [0.1, 0.15) is 52.1 Å². The number of pyridine rings is 1. The van der Waals surface area contributed by atoms with E-state index in [-0.39, 0.29) is 11.8 Å². The highest BCUT2D eigenvalue weighted by Gasteiger charge is 2.09. The summed E-state index contributed by atoms with van der Waals surface area (Å²) >= 11 is 0. The highest BCUT2D eigenvalue weighted by atomic mass is 16.2. The quantitative estimate of drug-likeness (QED) is 0.430. The molecule has 0 bridgehead atoms. The molecule has 33 heavy (non-hydrogen) atoms. The Morgan fingerprint density at radius 2 is 1.45 bits per heavy atom. The van der Waals surface area contributed by atoms with Crippen molar-refractivity contribution in [3.05, 3.63) is 95.3 Å². The molecule has 6 nitrogen and oxygen atoms in total. The number of nitrogens with zero attached hydrogens (tertiary/aromatic N) is 2. The van der Waals surface area contributed by atoms with Gasteiger partial charge in [-0.3, -0.25) is 14.6 Å². The first-order chi connectivity index (χ1) is 16.1. The topological polar surface area (TPSA) is 74.3 Å². The zero-order valence-corrected chi connectivity index (χ0v) is 19.4. The van der Waals surface area contributed by atoms with Crippen molar-refractivity contribution in [2.75, 3.05) is 31.5 Å². The van der Waals surface area contributed by atoms with Crippen molar-refractivity contribution in [2.45, 2.75) is 26.7 Å². The number of aromatic nitrogens is 1. The van der Waals surface area contributed by atoms with Gasteiger partial charge in [0.15, 0.2) is 0 Å². The Labute approximate surface area is 196 Å². The van der Waals surface area contributed by atoms with E-state index in [1.807, 2.05) is 42.5 Å². The van der Waals surface area contributed by atoms with Crippen LogP contribution in [0.5, 0.6) is 0 Å². The van der Waals surface area contributed by atoms with Crippen LogP contribution in [0.2, 0.25) is 0 Å². The van der Waals surface area contributed by atoms with Gasteiger partial charge in [-0.05, 0) is 80.0 Å². The number of hydrogen-bond donors (Lipinski definition) is 2. The molecule has 1 aromatic heterocycles. The lowest BCUT2D eigenvalue weighted by atomic mass is 10.0. The Morgan fingerprint density at radius 1 is 0.848 bits per heavy atom. The molecule has 0 fully saturated rings.